The molecular formula is C29H29N5O3. The summed E-state index contributed by atoms with van der Waals surface area (Å²) >= 11 is 0. The molecule has 2 aromatic heterocycles. The number of aliphatic imine (C=N–C) groups is 1. The molecular weight excluding hydrogens is 466 g/mol. The van der Waals surface area contributed by atoms with Crippen LogP contribution in [0.1, 0.15) is 29.3 Å². The number of anilines is 1. The lowest BCUT2D eigenvalue weighted by molar-refractivity contribution is -0.582. The molecule has 0 bridgehead atoms. The van der Waals surface area contributed by atoms with Gasteiger partial charge in [0.25, 0.3) is 0 Å². The number of aromatic nitrogens is 3. The van der Waals surface area contributed by atoms with E-state index in [-0.39, 0.29) is 0 Å². The number of carbonyl (C=O) groups excluding carboxylic acids is 1. The Balaban J connectivity index is 0.000000747. The summed E-state index contributed by atoms with van der Waals surface area (Å²) in [4.78, 5) is 13.6. The van der Waals surface area contributed by atoms with Crippen LogP contribution >= 0.6 is 0 Å². The fraction of sp³-hybridized carbons (Fsp3) is 0.172. The number of carboxylic acids is 1. The molecule has 5 rings (SSSR count). The number of aryl methyl sites for hydroxylation is 1. The Bertz CT molecular complexity index is 1470. The van der Waals surface area contributed by atoms with Gasteiger partial charge in [0.15, 0.2) is 11.9 Å². The third-order valence-electron chi connectivity index (χ3n) is 5.86. The minimum atomic E-state index is -1.08. The third-order valence-corrected chi connectivity index (χ3v) is 5.86. The Hall–Kier alpha value is -4.72. The number of benzene rings is 2. The highest BCUT2D eigenvalue weighted by Gasteiger charge is 2.30. The van der Waals surface area contributed by atoms with Crippen molar-refractivity contribution in [2.75, 3.05) is 12.8 Å². The summed E-state index contributed by atoms with van der Waals surface area (Å²) in [6.07, 6.45) is 6.52. The first-order chi connectivity index (χ1) is 17.9. The highest BCUT2D eigenvalue weighted by atomic mass is 16.5. The predicted octanol–water partition coefficient (Wildman–Crippen LogP) is 3.09. The van der Waals surface area contributed by atoms with E-state index in [0.717, 1.165) is 41.5 Å². The van der Waals surface area contributed by atoms with Gasteiger partial charge in [-0.15, -0.1) is 0 Å². The standard InChI is InChI=1S/C27H26N5O.C2H4O2/c1-19-6-5-7-20(14-19)18-32-27(28)25(17-30-32)29-16-22-15-23-8-3-4-13-31(23)26(22)21-9-11-24(33-2)12-10-21;1-2(3)4/h3-14,16-17H,15,18,28H2,1-2H3;1H3,(H,3,4)/q+1;/p-1. The monoisotopic (exact) mass is 495 g/mol. The Labute approximate surface area is 216 Å². The molecule has 0 aliphatic carbocycles. The third kappa shape index (κ3) is 6.10. The van der Waals surface area contributed by atoms with E-state index in [4.69, 9.17) is 25.4 Å². The zero-order valence-electron chi connectivity index (χ0n) is 21.1. The number of nitrogens with zero attached hydrogens (tertiary/aromatic N) is 4. The molecule has 1 aliphatic rings. The van der Waals surface area contributed by atoms with Gasteiger partial charge in [0.2, 0.25) is 5.70 Å². The van der Waals surface area contributed by atoms with E-state index in [9.17, 15) is 0 Å². The maximum absolute atomic E-state index is 8.89. The van der Waals surface area contributed by atoms with Crippen molar-refractivity contribution in [3.05, 3.63) is 107 Å². The average molecular weight is 496 g/mol. The summed E-state index contributed by atoms with van der Waals surface area (Å²) in [5.74, 6) is 0.308. The number of fused-ring (bicyclic) bond motifs is 1. The first-order valence-electron chi connectivity index (χ1n) is 11.8. The van der Waals surface area contributed by atoms with E-state index < -0.39 is 5.97 Å². The van der Waals surface area contributed by atoms with E-state index in [0.29, 0.717) is 18.1 Å². The molecule has 1 aliphatic heterocycles. The number of pyridine rings is 1. The van der Waals surface area contributed by atoms with Crippen LogP contribution in [-0.2, 0) is 17.8 Å². The van der Waals surface area contributed by atoms with Crippen molar-refractivity contribution in [2.45, 2.75) is 26.8 Å². The minimum absolute atomic E-state index is 0.558. The maximum Gasteiger partial charge on any atom is 0.223 e. The van der Waals surface area contributed by atoms with Crippen LogP contribution in [0.5, 0.6) is 5.75 Å². The van der Waals surface area contributed by atoms with Gasteiger partial charge in [-0.1, -0.05) is 35.9 Å². The van der Waals surface area contributed by atoms with Crippen LogP contribution in [0.25, 0.3) is 5.70 Å². The SMILES string of the molecule is CC(=O)[O-].COc1ccc(C2=C(C=Nc3cnn(Cc4cccc(C)c4)c3N)Cc3cccc[n+]32)cc1. The Morgan fingerprint density at radius 3 is 2.65 bits per heavy atom. The molecule has 0 radical (unpaired) electrons. The normalized spacial score (nSPS) is 12.3. The van der Waals surface area contributed by atoms with Crippen LogP contribution in [0, 0.1) is 6.92 Å². The number of hydrogen-bond acceptors (Lipinski definition) is 6. The zero-order chi connectivity index (χ0) is 26.4. The topological polar surface area (TPSA) is 109 Å². The second kappa shape index (κ2) is 11.3. The molecule has 188 valence electrons. The van der Waals surface area contributed by atoms with Crippen LogP contribution in [0.2, 0.25) is 0 Å². The van der Waals surface area contributed by atoms with Crippen LogP contribution in [0.4, 0.5) is 11.5 Å². The first-order valence-corrected chi connectivity index (χ1v) is 11.8. The van der Waals surface area contributed by atoms with Crippen molar-refractivity contribution in [2.24, 2.45) is 4.99 Å². The van der Waals surface area contributed by atoms with Crippen LogP contribution in [-0.4, -0.2) is 29.1 Å². The lowest BCUT2D eigenvalue weighted by atomic mass is 10.1. The highest BCUT2D eigenvalue weighted by Crippen LogP contribution is 2.27. The van der Waals surface area contributed by atoms with Crippen molar-refractivity contribution < 1.29 is 19.2 Å². The Morgan fingerprint density at radius 1 is 1.19 bits per heavy atom. The molecule has 0 saturated carbocycles. The van der Waals surface area contributed by atoms with Crippen molar-refractivity contribution in [1.29, 1.82) is 0 Å². The summed E-state index contributed by atoms with van der Waals surface area (Å²) in [6, 6.07) is 22.7. The van der Waals surface area contributed by atoms with Gasteiger partial charge in [-0.3, -0.25) is 4.99 Å². The molecule has 0 fully saturated rings. The Kier molecular flexibility index (Phi) is 7.78. The molecule has 0 saturated heterocycles. The van der Waals surface area contributed by atoms with E-state index in [2.05, 4.69) is 65.3 Å². The van der Waals surface area contributed by atoms with Crippen molar-refractivity contribution in [3.8, 4) is 5.75 Å². The second-order valence-electron chi connectivity index (χ2n) is 8.65. The smallest absolute Gasteiger partial charge is 0.223 e. The molecule has 0 spiro atoms. The molecule has 2 aromatic carbocycles. The van der Waals surface area contributed by atoms with Gasteiger partial charge < -0.3 is 20.4 Å². The van der Waals surface area contributed by atoms with Gasteiger partial charge in [0, 0.05) is 29.9 Å². The number of hydrogen-bond donors (Lipinski definition) is 1. The van der Waals surface area contributed by atoms with Crippen molar-refractivity contribution in [1.82, 2.24) is 9.78 Å². The van der Waals surface area contributed by atoms with Gasteiger partial charge in [-0.05, 0) is 43.7 Å². The quantitative estimate of drug-likeness (QED) is 0.327. The summed E-state index contributed by atoms with van der Waals surface area (Å²) in [7, 11) is 1.68. The summed E-state index contributed by atoms with van der Waals surface area (Å²) in [5, 5.41) is 13.4. The fourth-order valence-electron chi connectivity index (χ4n) is 4.20. The Morgan fingerprint density at radius 2 is 1.95 bits per heavy atom. The zero-order valence-corrected chi connectivity index (χ0v) is 21.1. The largest absolute Gasteiger partial charge is 0.550 e. The van der Waals surface area contributed by atoms with E-state index >= 15 is 0 Å². The predicted molar refractivity (Wildman–Crippen MR) is 141 cm³/mol. The number of allylic oxidation sites excluding steroid dienone is 1. The molecule has 0 unspecified atom stereocenters. The number of aliphatic carboxylic acids is 1. The molecule has 3 heterocycles. The summed E-state index contributed by atoms with van der Waals surface area (Å²) in [6.45, 7) is 3.67. The van der Waals surface area contributed by atoms with E-state index in [1.807, 2.05) is 30.5 Å². The summed E-state index contributed by atoms with van der Waals surface area (Å²) in [5.41, 5.74) is 14.0. The van der Waals surface area contributed by atoms with E-state index in [1.54, 1.807) is 18.0 Å². The lowest BCUT2D eigenvalue weighted by Crippen LogP contribution is -2.33. The number of methoxy groups -OCH3 is 1. The van der Waals surface area contributed by atoms with Gasteiger partial charge in [-0.2, -0.15) is 9.67 Å². The number of carboxylic acid groups (broad SMARTS) is 1. The number of rotatable bonds is 6. The molecule has 4 aromatic rings. The van der Waals surface area contributed by atoms with Gasteiger partial charge in [-0.25, -0.2) is 4.68 Å². The van der Waals surface area contributed by atoms with Crippen molar-refractivity contribution in [3.63, 3.8) is 0 Å². The fourth-order valence-corrected chi connectivity index (χ4v) is 4.20. The van der Waals surface area contributed by atoms with Crippen LogP contribution in [0.3, 0.4) is 0 Å². The summed E-state index contributed by atoms with van der Waals surface area (Å²) < 4.78 is 9.33. The van der Waals surface area contributed by atoms with Gasteiger partial charge >= 0.3 is 0 Å². The van der Waals surface area contributed by atoms with Gasteiger partial charge in [0.05, 0.1) is 31.8 Å². The van der Waals surface area contributed by atoms with Crippen molar-refractivity contribution >= 4 is 29.4 Å². The first kappa shape index (κ1) is 25.4. The van der Waals surface area contributed by atoms with E-state index in [1.165, 1.54) is 11.3 Å². The molecule has 0 atom stereocenters. The average Bonchev–Trinajstić information content (AvgIpc) is 3.42. The highest BCUT2D eigenvalue weighted by molar-refractivity contribution is 5.92. The molecule has 37 heavy (non-hydrogen) atoms. The molecule has 0 amide bonds. The maximum atomic E-state index is 8.89. The second-order valence-corrected chi connectivity index (χ2v) is 8.65. The number of nitrogen functional groups attached to an aromatic ring is 1. The number of carbonyl (C=O) groups is 1. The molecule has 2 N–H and O–H groups in total. The minimum Gasteiger partial charge on any atom is -0.550 e. The molecule has 8 nitrogen and oxygen atoms in total. The number of nitrogens with two attached hydrogens (primary N) is 1. The van der Waals surface area contributed by atoms with Crippen LogP contribution in [0.15, 0.2) is 89.7 Å². The van der Waals surface area contributed by atoms with Gasteiger partial charge in [0.1, 0.15) is 17.3 Å². The lowest BCUT2D eigenvalue weighted by Gasteiger charge is -2.05. The number of ether oxygens (including phenoxy) is 1. The molecule has 8 heteroatoms. The van der Waals surface area contributed by atoms with Crippen LogP contribution < -0.4 is 20.1 Å².